The van der Waals surface area contributed by atoms with Crippen LogP contribution in [0.25, 0.3) is 44.1 Å². The first-order valence-corrected chi connectivity index (χ1v) is 18.6. The molecule has 0 saturated heterocycles. The maximum atomic E-state index is 12.9. The molecular weight excluding hydrogens is 830 g/mol. The Hall–Kier alpha value is -6.42. The minimum atomic E-state index is -0.948. The second-order valence-electron chi connectivity index (χ2n) is 13.0. The molecule has 13 heteroatoms. The number of carboxylic acids is 1. The number of halogens is 4. The van der Waals surface area contributed by atoms with E-state index in [0.29, 0.717) is 5.56 Å². The van der Waals surface area contributed by atoms with Gasteiger partial charge in [0.05, 0.1) is 16.6 Å². The summed E-state index contributed by atoms with van der Waals surface area (Å²) in [6, 6.07) is 40.6. The minimum absolute atomic E-state index is 0. The van der Waals surface area contributed by atoms with Crippen LogP contribution < -0.4 is 18.9 Å². The maximum absolute atomic E-state index is 12.9. The monoisotopic (exact) mass is 865 g/mol. The summed E-state index contributed by atoms with van der Waals surface area (Å²) in [7, 11) is 0. The van der Waals surface area contributed by atoms with Crippen molar-refractivity contribution in [3.05, 3.63) is 203 Å². The van der Waals surface area contributed by atoms with Crippen LogP contribution in [0.4, 0.5) is 13.2 Å². The van der Waals surface area contributed by atoms with Gasteiger partial charge in [0.25, 0.3) is 0 Å². The molecule has 0 unspecified atom stereocenters. The molecule has 0 fully saturated rings. The number of nitrogens with zero attached hydrogens (tertiary/aromatic N) is 2. The van der Waals surface area contributed by atoms with Crippen LogP contribution in [0.3, 0.4) is 0 Å². The average molecular weight is 867 g/mol. The molecule has 60 heavy (non-hydrogen) atoms. The smallest absolute Gasteiger partial charge is 0.870 e. The zero-order valence-corrected chi connectivity index (χ0v) is 34.2. The summed E-state index contributed by atoms with van der Waals surface area (Å²) in [6.07, 6.45) is 5.62. The third-order valence-corrected chi connectivity index (χ3v) is 9.54. The molecule has 9 aromatic rings. The van der Waals surface area contributed by atoms with Crippen LogP contribution >= 0.6 is 15.9 Å². The Morgan fingerprint density at radius 3 is 1.37 bits per heavy atom. The molecule has 3 heterocycles. The SMILES string of the molecule is CC(=O)c1ccc2[nH]ccc2c1.CC(=O)c1ccc2c(ccn2-c2ccc(F)cc2)c1.Fc1ccc(Br)cc1.O=C(O)c1ccc2c(ccn2-c2ccc(F)cc2)c1.[Li+].[OH-]. The second-order valence-corrected chi connectivity index (χ2v) is 13.9. The van der Waals surface area contributed by atoms with Crippen LogP contribution in [-0.2, 0) is 0 Å². The van der Waals surface area contributed by atoms with E-state index < -0.39 is 5.97 Å². The molecule has 0 aliphatic heterocycles. The third kappa shape index (κ3) is 11.6. The molecule has 0 aliphatic rings. The van der Waals surface area contributed by atoms with E-state index in [1.54, 1.807) is 68.4 Å². The fourth-order valence-corrected chi connectivity index (χ4v) is 6.26. The Morgan fingerprint density at radius 1 is 0.533 bits per heavy atom. The van der Waals surface area contributed by atoms with Crippen molar-refractivity contribution in [2.45, 2.75) is 13.8 Å². The average Bonchev–Trinajstić information content (AvgIpc) is 3.98. The summed E-state index contributed by atoms with van der Waals surface area (Å²) in [5.41, 5.74) is 6.40. The fraction of sp³-hybridized carbons (Fsp3) is 0.0426. The minimum Gasteiger partial charge on any atom is -0.870 e. The number of Topliss-reactive ketones (excluding diaryl/α,β-unsaturated/α-hetero) is 2. The van der Waals surface area contributed by atoms with Crippen LogP contribution in [0, 0.1) is 17.5 Å². The molecule has 0 radical (unpaired) electrons. The van der Waals surface area contributed by atoms with Crippen molar-refractivity contribution in [1.82, 2.24) is 14.1 Å². The van der Waals surface area contributed by atoms with E-state index in [4.69, 9.17) is 5.11 Å². The van der Waals surface area contributed by atoms with Gasteiger partial charge in [-0.3, -0.25) is 9.59 Å². The summed E-state index contributed by atoms with van der Waals surface area (Å²) in [6.45, 7) is 3.13. The first-order valence-electron chi connectivity index (χ1n) is 17.8. The Morgan fingerprint density at radius 2 is 0.933 bits per heavy atom. The molecule has 298 valence electrons. The standard InChI is InChI=1S/C16H12FNO.C15H10FNO2.C10H9NO.C6H4BrF.Li.H2O/c1-11(19)12-2-7-16-13(10-12)8-9-18(16)15-5-3-14(17)4-6-15;16-12-2-4-13(5-3-12)17-8-7-10-9-11(15(18)19)1-6-14(10)17;1-7(12)8-2-3-10-9(6-8)4-5-11-10;7-5-1-3-6(8)4-2-5;;/h2-10H,1H3;1-9H,(H,18,19);2-6,11H,1H3;1-4H;;1H2/q;;;;+1;/p-1. The van der Waals surface area contributed by atoms with Crippen LogP contribution in [0.1, 0.15) is 44.9 Å². The first-order chi connectivity index (χ1) is 27.9. The number of fused-ring (bicyclic) bond motifs is 3. The molecule has 0 spiro atoms. The van der Waals surface area contributed by atoms with Crippen molar-refractivity contribution < 1.29 is 57.0 Å². The molecule has 6 aromatic carbocycles. The Kier molecular flexibility index (Phi) is 16.2. The number of carboxylic acid groups (broad SMARTS) is 1. The predicted octanol–water partition coefficient (Wildman–Crippen LogP) is 9.23. The molecule has 9 rings (SSSR count). The topological polar surface area (TPSA) is 127 Å². The number of H-pyrrole nitrogens is 1. The normalized spacial score (nSPS) is 10.2. The van der Waals surface area contributed by atoms with E-state index in [2.05, 4.69) is 20.9 Å². The van der Waals surface area contributed by atoms with Crippen molar-refractivity contribution in [2.24, 2.45) is 0 Å². The number of rotatable bonds is 5. The third-order valence-electron chi connectivity index (χ3n) is 9.01. The van der Waals surface area contributed by atoms with Crippen LogP contribution in [0.15, 0.2) is 169 Å². The number of aromatic nitrogens is 3. The summed E-state index contributed by atoms with van der Waals surface area (Å²) in [5, 5.41) is 11.9. The summed E-state index contributed by atoms with van der Waals surface area (Å²) >= 11 is 3.18. The molecule has 0 atom stereocenters. The predicted molar refractivity (Wildman–Crippen MR) is 228 cm³/mol. The quantitative estimate of drug-likeness (QED) is 0.132. The number of benzene rings is 6. The van der Waals surface area contributed by atoms with Crippen molar-refractivity contribution >= 4 is 66.2 Å². The van der Waals surface area contributed by atoms with Crippen molar-refractivity contribution in [3.63, 3.8) is 0 Å². The van der Waals surface area contributed by atoms with Gasteiger partial charge in [0, 0.05) is 67.2 Å². The van der Waals surface area contributed by atoms with Gasteiger partial charge in [-0.05, 0) is 159 Å². The largest absolute Gasteiger partial charge is 1.00 e. The van der Waals surface area contributed by atoms with Gasteiger partial charge in [0.2, 0.25) is 0 Å². The molecule has 8 nitrogen and oxygen atoms in total. The van der Waals surface area contributed by atoms with E-state index in [9.17, 15) is 27.6 Å². The zero-order chi connectivity index (χ0) is 41.3. The number of carbonyl (C=O) groups excluding carboxylic acids is 2. The van der Waals surface area contributed by atoms with Gasteiger partial charge >= 0.3 is 24.8 Å². The Balaban J connectivity index is 0.000000183. The van der Waals surface area contributed by atoms with Gasteiger partial charge in [-0.15, -0.1) is 0 Å². The van der Waals surface area contributed by atoms with E-state index in [1.165, 1.54) is 36.4 Å². The van der Waals surface area contributed by atoms with E-state index in [0.717, 1.165) is 54.1 Å². The van der Waals surface area contributed by atoms with Crippen LogP contribution in [-0.4, -0.2) is 42.2 Å². The molecule has 0 aliphatic carbocycles. The second kappa shape index (κ2) is 21.0. The summed E-state index contributed by atoms with van der Waals surface area (Å²) in [4.78, 5) is 36.3. The number of ketones is 2. The zero-order valence-electron chi connectivity index (χ0n) is 32.6. The van der Waals surface area contributed by atoms with Crippen molar-refractivity contribution in [3.8, 4) is 11.4 Å². The van der Waals surface area contributed by atoms with Gasteiger partial charge in [0.1, 0.15) is 17.5 Å². The molecule has 3 aromatic heterocycles. The van der Waals surface area contributed by atoms with Gasteiger partial charge in [0.15, 0.2) is 11.6 Å². The molecule has 3 N–H and O–H groups in total. The van der Waals surface area contributed by atoms with E-state index in [1.807, 2.05) is 82.3 Å². The number of aromatic carboxylic acids is 1. The molecular formula is C47H36BrF3LiN3O5. The maximum Gasteiger partial charge on any atom is 1.00 e. The number of hydrogen-bond acceptors (Lipinski definition) is 4. The van der Waals surface area contributed by atoms with E-state index >= 15 is 0 Å². The van der Waals surface area contributed by atoms with Gasteiger partial charge in [-0.1, -0.05) is 15.9 Å². The number of carbonyl (C=O) groups is 3. The Bertz CT molecular complexity index is 2720. The number of nitrogens with one attached hydrogen (secondary N) is 1. The van der Waals surface area contributed by atoms with Crippen LogP contribution in [0.2, 0.25) is 0 Å². The Labute approximate surface area is 363 Å². The van der Waals surface area contributed by atoms with Crippen LogP contribution in [0.5, 0.6) is 0 Å². The summed E-state index contributed by atoms with van der Waals surface area (Å²) in [5.74, 6) is -1.52. The fourth-order valence-electron chi connectivity index (χ4n) is 5.99. The van der Waals surface area contributed by atoms with Gasteiger partial charge < -0.3 is 24.7 Å². The first kappa shape index (κ1) is 46.3. The molecule has 0 amide bonds. The van der Waals surface area contributed by atoms with E-state index in [-0.39, 0.29) is 58.9 Å². The summed E-state index contributed by atoms with van der Waals surface area (Å²) < 4.78 is 42.7. The van der Waals surface area contributed by atoms with Gasteiger partial charge in [-0.2, -0.15) is 0 Å². The molecule has 0 saturated carbocycles. The number of aromatic amines is 1. The number of hydrogen-bond donors (Lipinski definition) is 2. The van der Waals surface area contributed by atoms with Crippen molar-refractivity contribution in [1.29, 1.82) is 0 Å². The van der Waals surface area contributed by atoms with Crippen molar-refractivity contribution in [2.75, 3.05) is 0 Å². The molecule has 0 bridgehead atoms. The van der Waals surface area contributed by atoms with Gasteiger partial charge in [-0.25, -0.2) is 18.0 Å².